The molecule has 2 aromatic carbocycles. The van der Waals surface area contributed by atoms with Gasteiger partial charge in [-0.3, -0.25) is 4.90 Å². The van der Waals surface area contributed by atoms with Crippen molar-refractivity contribution < 1.29 is 0 Å². The van der Waals surface area contributed by atoms with Crippen LogP contribution in [0, 0.1) is 0 Å². The Kier molecular flexibility index (Phi) is 8.65. The van der Waals surface area contributed by atoms with Crippen LogP contribution in [0.4, 0.5) is 5.69 Å². The Morgan fingerprint density at radius 3 is 2.29 bits per heavy atom. The lowest BCUT2D eigenvalue weighted by atomic mass is 10.0. The minimum absolute atomic E-state index is 0. The largest absolute Gasteiger partial charge is 0.368 e. The van der Waals surface area contributed by atoms with Crippen LogP contribution >= 0.6 is 36.4 Å². The Labute approximate surface area is 161 Å². The van der Waals surface area contributed by atoms with E-state index >= 15 is 0 Å². The van der Waals surface area contributed by atoms with Crippen LogP contribution in [0.25, 0.3) is 0 Å². The molecule has 1 heterocycles. The molecule has 0 aliphatic carbocycles. The van der Waals surface area contributed by atoms with E-state index in [1.807, 2.05) is 18.2 Å². The van der Waals surface area contributed by atoms with E-state index in [-0.39, 0.29) is 24.8 Å². The molecule has 2 nitrogen and oxygen atoms in total. The van der Waals surface area contributed by atoms with E-state index in [0.717, 1.165) is 31.2 Å². The van der Waals surface area contributed by atoms with Gasteiger partial charge in [0.05, 0.1) is 6.04 Å². The third kappa shape index (κ3) is 4.90. The van der Waals surface area contributed by atoms with Gasteiger partial charge in [0.25, 0.3) is 0 Å². The zero-order valence-corrected chi connectivity index (χ0v) is 15.9. The second kappa shape index (κ2) is 9.95. The predicted molar refractivity (Wildman–Crippen MR) is 109 cm³/mol. The molecular weight excluding hydrogens is 363 g/mol. The highest BCUT2D eigenvalue weighted by Crippen LogP contribution is 2.29. The third-order valence-electron chi connectivity index (χ3n) is 4.23. The first kappa shape index (κ1) is 20.9. The second-order valence-corrected chi connectivity index (χ2v) is 6.07. The quantitative estimate of drug-likeness (QED) is 0.665. The van der Waals surface area contributed by atoms with E-state index < -0.39 is 0 Å². The molecule has 130 valence electrons. The fraction of sp³-hybridized carbons (Fsp3) is 0.263. The molecule has 1 fully saturated rings. The summed E-state index contributed by atoms with van der Waals surface area (Å²) in [5.41, 5.74) is 2.60. The molecule has 24 heavy (non-hydrogen) atoms. The molecule has 5 heteroatoms. The Bertz CT molecular complexity index is 616. The second-order valence-electron chi connectivity index (χ2n) is 5.63. The van der Waals surface area contributed by atoms with Gasteiger partial charge in [0.15, 0.2) is 0 Å². The Balaban J connectivity index is 0.00000144. The summed E-state index contributed by atoms with van der Waals surface area (Å²) < 4.78 is 0. The minimum atomic E-state index is 0. The maximum atomic E-state index is 6.03. The number of piperazine rings is 1. The number of para-hydroxylation sites is 1. The van der Waals surface area contributed by atoms with E-state index in [9.17, 15) is 0 Å². The molecule has 0 N–H and O–H groups in total. The zero-order chi connectivity index (χ0) is 15.4. The van der Waals surface area contributed by atoms with Gasteiger partial charge in [0, 0.05) is 36.9 Å². The van der Waals surface area contributed by atoms with Gasteiger partial charge in [-0.2, -0.15) is 0 Å². The summed E-state index contributed by atoms with van der Waals surface area (Å²) in [6, 6.07) is 19.2. The summed E-state index contributed by atoms with van der Waals surface area (Å²) in [6.07, 6.45) is 1.99. The van der Waals surface area contributed by atoms with E-state index in [2.05, 4.69) is 58.8 Å². The van der Waals surface area contributed by atoms with Crippen LogP contribution < -0.4 is 4.90 Å². The van der Waals surface area contributed by atoms with Crippen molar-refractivity contribution in [3.8, 4) is 0 Å². The van der Waals surface area contributed by atoms with Crippen molar-refractivity contribution in [3.05, 3.63) is 77.8 Å². The molecule has 0 bridgehead atoms. The van der Waals surface area contributed by atoms with E-state index in [1.54, 1.807) is 0 Å². The first-order valence-corrected chi connectivity index (χ1v) is 8.06. The molecule has 1 aliphatic heterocycles. The standard InChI is InChI=1S/C19H21ClN2.2ClH/c1-2-12-21-13-14-22(18-6-4-3-5-7-18)15-19(21)16-8-10-17(20)11-9-16;;/h2-11,19H,1,12-15H2;2*1H/t19-;;/m0../s1. The smallest absolute Gasteiger partial charge is 0.0527 e. The van der Waals surface area contributed by atoms with E-state index in [1.165, 1.54) is 11.3 Å². The van der Waals surface area contributed by atoms with Crippen molar-refractivity contribution in [2.24, 2.45) is 0 Å². The molecule has 0 unspecified atom stereocenters. The monoisotopic (exact) mass is 384 g/mol. The van der Waals surface area contributed by atoms with E-state index in [4.69, 9.17) is 11.6 Å². The van der Waals surface area contributed by atoms with Gasteiger partial charge < -0.3 is 4.90 Å². The van der Waals surface area contributed by atoms with Crippen LogP contribution in [-0.2, 0) is 0 Å². The maximum Gasteiger partial charge on any atom is 0.0527 e. The number of hydrogen-bond donors (Lipinski definition) is 0. The van der Waals surface area contributed by atoms with Gasteiger partial charge >= 0.3 is 0 Å². The lowest BCUT2D eigenvalue weighted by Gasteiger charge is -2.42. The highest BCUT2D eigenvalue weighted by atomic mass is 35.5. The van der Waals surface area contributed by atoms with Gasteiger partial charge in [-0.25, -0.2) is 0 Å². The summed E-state index contributed by atoms with van der Waals surface area (Å²) in [4.78, 5) is 4.94. The molecule has 1 atom stereocenters. The molecule has 3 rings (SSSR count). The van der Waals surface area contributed by atoms with Gasteiger partial charge in [-0.15, -0.1) is 31.4 Å². The number of benzene rings is 2. The van der Waals surface area contributed by atoms with Crippen LogP contribution in [0.15, 0.2) is 67.3 Å². The van der Waals surface area contributed by atoms with Crippen LogP contribution in [0.3, 0.4) is 0 Å². The van der Waals surface area contributed by atoms with Crippen LogP contribution in [0.1, 0.15) is 11.6 Å². The fourth-order valence-corrected chi connectivity index (χ4v) is 3.21. The van der Waals surface area contributed by atoms with Crippen molar-refractivity contribution in [1.29, 1.82) is 0 Å². The van der Waals surface area contributed by atoms with Gasteiger partial charge in [0.2, 0.25) is 0 Å². The molecule has 0 aromatic heterocycles. The summed E-state index contributed by atoms with van der Waals surface area (Å²) in [7, 11) is 0. The molecule has 0 radical (unpaired) electrons. The number of rotatable bonds is 4. The highest BCUT2D eigenvalue weighted by molar-refractivity contribution is 6.30. The number of hydrogen-bond acceptors (Lipinski definition) is 2. The van der Waals surface area contributed by atoms with Crippen molar-refractivity contribution in [2.45, 2.75) is 6.04 Å². The van der Waals surface area contributed by atoms with Gasteiger partial charge in [-0.05, 0) is 29.8 Å². The SMILES string of the molecule is C=CCN1CCN(c2ccccc2)C[C@H]1c1ccc(Cl)cc1.Cl.Cl. The summed E-state index contributed by atoms with van der Waals surface area (Å²) >= 11 is 6.03. The van der Waals surface area contributed by atoms with Crippen molar-refractivity contribution in [3.63, 3.8) is 0 Å². The topological polar surface area (TPSA) is 6.48 Å². The first-order valence-electron chi connectivity index (χ1n) is 7.68. The highest BCUT2D eigenvalue weighted by Gasteiger charge is 2.27. The van der Waals surface area contributed by atoms with Gasteiger partial charge in [0.1, 0.15) is 0 Å². The number of nitrogens with zero attached hydrogens (tertiary/aromatic N) is 2. The average molecular weight is 386 g/mol. The number of anilines is 1. The molecule has 0 saturated carbocycles. The molecule has 1 aliphatic rings. The van der Waals surface area contributed by atoms with Crippen LogP contribution in [-0.4, -0.2) is 31.1 Å². The third-order valence-corrected chi connectivity index (χ3v) is 4.48. The summed E-state index contributed by atoms with van der Waals surface area (Å²) in [6.45, 7) is 7.88. The fourth-order valence-electron chi connectivity index (χ4n) is 3.08. The average Bonchev–Trinajstić information content (AvgIpc) is 2.57. The zero-order valence-electron chi connectivity index (χ0n) is 13.5. The molecule has 1 saturated heterocycles. The molecule has 0 amide bonds. The first-order chi connectivity index (χ1) is 10.8. The maximum absolute atomic E-state index is 6.03. The normalized spacial score (nSPS) is 17.5. The Morgan fingerprint density at radius 1 is 1.00 bits per heavy atom. The summed E-state index contributed by atoms with van der Waals surface area (Å²) in [5.74, 6) is 0. The Morgan fingerprint density at radius 2 is 1.67 bits per heavy atom. The van der Waals surface area contributed by atoms with Crippen LogP contribution in [0.2, 0.25) is 5.02 Å². The molecule has 0 spiro atoms. The Hall–Kier alpha value is -1.19. The summed E-state index contributed by atoms with van der Waals surface area (Å²) in [5, 5.41) is 0.787. The van der Waals surface area contributed by atoms with Crippen molar-refractivity contribution in [2.75, 3.05) is 31.1 Å². The van der Waals surface area contributed by atoms with Crippen molar-refractivity contribution in [1.82, 2.24) is 4.90 Å². The molecule has 2 aromatic rings. The lowest BCUT2D eigenvalue weighted by molar-refractivity contribution is 0.197. The lowest BCUT2D eigenvalue weighted by Crippen LogP contribution is -2.48. The minimum Gasteiger partial charge on any atom is -0.368 e. The van der Waals surface area contributed by atoms with Gasteiger partial charge in [-0.1, -0.05) is 48.0 Å². The number of halogens is 3. The predicted octanol–water partition coefficient (Wildman–Crippen LogP) is 5.23. The molecular formula is C19H23Cl3N2. The van der Waals surface area contributed by atoms with Crippen LogP contribution in [0.5, 0.6) is 0 Å². The van der Waals surface area contributed by atoms with E-state index in [0.29, 0.717) is 6.04 Å². The van der Waals surface area contributed by atoms with Crippen molar-refractivity contribution >= 4 is 42.1 Å².